The van der Waals surface area contributed by atoms with Gasteiger partial charge in [0.1, 0.15) is 0 Å². The zero-order chi connectivity index (χ0) is 36.1. The molecule has 0 saturated heterocycles. The van der Waals surface area contributed by atoms with Gasteiger partial charge in [-0.25, -0.2) is 0 Å². The van der Waals surface area contributed by atoms with Gasteiger partial charge in [-0.15, -0.1) is 0 Å². The van der Waals surface area contributed by atoms with Crippen molar-refractivity contribution in [2.24, 2.45) is 0 Å². The highest BCUT2D eigenvalue weighted by Gasteiger charge is 2.35. The Kier molecular flexibility index (Phi) is 6.55. The second-order valence-corrected chi connectivity index (χ2v) is 15.5. The predicted molar refractivity (Wildman–Crippen MR) is 228 cm³/mol. The van der Waals surface area contributed by atoms with E-state index in [1.807, 2.05) is 0 Å². The fourth-order valence-electron chi connectivity index (χ4n) is 9.25. The Labute approximate surface area is 315 Å². The molecule has 0 spiro atoms. The molecule has 2 nitrogen and oxygen atoms in total. The van der Waals surface area contributed by atoms with Crippen molar-refractivity contribution in [1.82, 2.24) is 9.13 Å². The van der Waals surface area contributed by atoms with Gasteiger partial charge in [-0.05, 0) is 124 Å². The first-order chi connectivity index (χ1) is 26.4. The third-order valence-electron chi connectivity index (χ3n) is 12.0. The zero-order valence-corrected chi connectivity index (χ0v) is 30.6. The molecular weight excluding hydrogens is 653 g/mol. The molecule has 0 unspecified atom stereocenters. The summed E-state index contributed by atoms with van der Waals surface area (Å²) in [5.41, 5.74) is 18.9. The normalized spacial score (nSPS) is 13.2. The van der Waals surface area contributed by atoms with E-state index >= 15 is 0 Å². The largest absolute Gasteiger partial charge is 0.309 e. The Morgan fingerprint density at radius 1 is 0.352 bits per heavy atom. The molecule has 54 heavy (non-hydrogen) atoms. The van der Waals surface area contributed by atoms with E-state index < -0.39 is 0 Å². The molecule has 0 amide bonds. The molecule has 0 saturated carbocycles. The van der Waals surface area contributed by atoms with E-state index in [1.54, 1.807) is 0 Å². The summed E-state index contributed by atoms with van der Waals surface area (Å²) in [5.74, 6) is 0. The molecule has 0 aliphatic heterocycles. The molecule has 2 aromatic heterocycles. The summed E-state index contributed by atoms with van der Waals surface area (Å²) in [5, 5.41) is 5.04. The molecule has 256 valence electrons. The molecule has 0 radical (unpaired) electrons. The molecule has 8 aromatic carbocycles. The predicted octanol–water partition coefficient (Wildman–Crippen LogP) is 13.8. The standard InChI is InChI=1S/C52H38N2/c1-33-17-23-39(24-18-33)54-48-16-10-8-14-42(48)43-29-34(20-26-49(43)54)35-21-27-50-44(30-35)45-31-36(22-28-51(45)53(50)38-11-5-4-6-12-38)37-19-25-41-40-13-7-9-15-46(40)52(2,3)47(41)32-37/h4-32H,1-3H3. The van der Waals surface area contributed by atoms with Crippen LogP contribution < -0.4 is 0 Å². The number of fused-ring (bicyclic) bond motifs is 9. The number of benzene rings is 8. The summed E-state index contributed by atoms with van der Waals surface area (Å²) in [4.78, 5) is 0. The summed E-state index contributed by atoms with van der Waals surface area (Å²) < 4.78 is 4.81. The minimum Gasteiger partial charge on any atom is -0.309 e. The van der Waals surface area contributed by atoms with E-state index in [9.17, 15) is 0 Å². The van der Waals surface area contributed by atoms with Crippen LogP contribution in [-0.4, -0.2) is 9.13 Å². The fraction of sp³-hybridized carbons (Fsp3) is 0.0769. The van der Waals surface area contributed by atoms with Crippen LogP contribution in [0.25, 0.3) is 88.4 Å². The van der Waals surface area contributed by atoms with Crippen LogP contribution in [0.5, 0.6) is 0 Å². The van der Waals surface area contributed by atoms with Crippen molar-refractivity contribution in [3.63, 3.8) is 0 Å². The highest BCUT2D eigenvalue weighted by Crippen LogP contribution is 2.50. The Hall–Kier alpha value is -6.64. The van der Waals surface area contributed by atoms with Crippen molar-refractivity contribution >= 4 is 43.6 Å². The van der Waals surface area contributed by atoms with Gasteiger partial charge < -0.3 is 9.13 Å². The highest BCUT2D eigenvalue weighted by atomic mass is 15.0. The van der Waals surface area contributed by atoms with Crippen LogP contribution in [-0.2, 0) is 5.41 Å². The van der Waals surface area contributed by atoms with E-state index in [1.165, 1.54) is 105 Å². The number of nitrogens with zero attached hydrogens (tertiary/aromatic N) is 2. The van der Waals surface area contributed by atoms with E-state index in [0.29, 0.717) is 0 Å². The summed E-state index contributed by atoms with van der Waals surface area (Å²) in [6.45, 7) is 6.86. The van der Waals surface area contributed by atoms with Gasteiger partial charge in [-0.2, -0.15) is 0 Å². The molecule has 0 fully saturated rings. The van der Waals surface area contributed by atoms with E-state index in [0.717, 1.165) is 0 Å². The number of aryl methyl sites for hydroxylation is 1. The third kappa shape index (κ3) is 4.47. The second-order valence-electron chi connectivity index (χ2n) is 15.5. The number of rotatable bonds is 4. The highest BCUT2D eigenvalue weighted by molar-refractivity contribution is 6.13. The lowest BCUT2D eigenvalue weighted by atomic mass is 9.81. The number of aromatic nitrogens is 2. The maximum Gasteiger partial charge on any atom is 0.0541 e. The second kappa shape index (κ2) is 11.4. The molecule has 2 heterocycles. The van der Waals surface area contributed by atoms with Crippen molar-refractivity contribution in [3.8, 4) is 44.8 Å². The molecular formula is C52H38N2. The Balaban J connectivity index is 1.10. The van der Waals surface area contributed by atoms with Gasteiger partial charge in [0, 0.05) is 38.3 Å². The summed E-state index contributed by atoms with van der Waals surface area (Å²) in [6.07, 6.45) is 0. The minimum absolute atomic E-state index is 0.0438. The lowest BCUT2D eigenvalue weighted by molar-refractivity contribution is 0.660. The quantitative estimate of drug-likeness (QED) is 0.174. The van der Waals surface area contributed by atoms with Crippen molar-refractivity contribution in [2.45, 2.75) is 26.2 Å². The molecule has 1 aliphatic carbocycles. The summed E-state index contributed by atoms with van der Waals surface area (Å²) in [6, 6.07) is 65.3. The molecule has 0 N–H and O–H groups in total. The number of hydrogen-bond donors (Lipinski definition) is 0. The minimum atomic E-state index is -0.0438. The maximum absolute atomic E-state index is 2.43. The average molecular weight is 691 g/mol. The van der Waals surface area contributed by atoms with Gasteiger partial charge in [-0.1, -0.05) is 123 Å². The topological polar surface area (TPSA) is 9.86 Å². The van der Waals surface area contributed by atoms with Crippen LogP contribution in [0.15, 0.2) is 176 Å². The van der Waals surface area contributed by atoms with E-state index in [2.05, 4.69) is 206 Å². The Morgan fingerprint density at radius 3 is 1.46 bits per heavy atom. The molecule has 0 atom stereocenters. The van der Waals surface area contributed by atoms with Crippen LogP contribution >= 0.6 is 0 Å². The van der Waals surface area contributed by atoms with Gasteiger partial charge in [0.15, 0.2) is 0 Å². The SMILES string of the molecule is Cc1ccc(-n2c3ccccc3c3cc(-c4ccc5c(c4)c4cc(-c6ccc7c(c6)C(C)(C)c6ccccc6-7)ccc4n5-c4ccccc4)ccc32)cc1. The van der Waals surface area contributed by atoms with Crippen LogP contribution in [0.3, 0.4) is 0 Å². The molecule has 11 rings (SSSR count). The maximum atomic E-state index is 2.43. The van der Waals surface area contributed by atoms with Gasteiger partial charge in [0.2, 0.25) is 0 Å². The molecule has 2 heteroatoms. The van der Waals surface area contributed by atoms with Gasteiger partial charge in [0.05, 0.1) is 22.1 Å². The monoisotopic (exact) mass is 690 g/mol. The zero-order valence-electron chi connectivity index (χ0n) is 30.6. The summed E-state index contributed by atoms with van der Waals surface area (Å²) in [7, 11) is 0. The van der Waals surface area contributed by atoms with Crippen molar-refractivity contribution in [3.05, 3.63) is 193 Å². The van der Waals surface area contributed by atoms with Gasteiger partial charge >= 0.3 is 0 Å². The van der Waals surface area contributed by atoms with Crippen molar-refractivity contribution in [1.29, 1.82) is 0 Å². The van der Waals surface area contributed by atoms with Gasteiger partial charge in [-0.3, -0.25) is 0 Å². The van der Waals surface area contributed by atoms with Crippen LogP contribution in [0.1, 0.15) is 30.5 Å². The Morgan fingerprint density at radius 2 is 0.815 bits per heavy atom. The first-order valence-electron chi connectivity index (χ1n) is 18.9. The Bertz CT molecular complexity index is 3120. The average Bonchev–Trinajstić information content (AvgIpc) is 3.80. The lowest BCUT2D eigenvalue weighted by Gasteiger charge is -2.22. The van der Waals surface area contributed by atoms with E-state index in [-0.39, 0.29) is 5.41 Å². The summed E-state index contributed by atoms with van der Waals surface area (Å²) >= 11 is 0. The van der Waals surface area contributed by atoms with Crippen LogP contribution in [0.4, 0.5) is 0 Å². The number of para-hydroxylation sites is 2. The molecule has 10 aromatic rings. The van der Waals surface area contributed by atoms with Crippen molar-refractivity contribution in [2.75, 3.05) is 0 Å². The van der Waals surface area contributed by atoms with Crippen LogP contribution in [0.2, 0.25) is 0 Å². The smallest absolute Gasteiger partial charge is 0.0541 e. The lowest BCUT2D eigenvalue weighted by Crippen LogP contribution is -2.14. The molecule has 0 bridgehead atoms. The third-order valence-corrected chi connectivity index (χ3v) is 12.0. The molecule has 1 aliphatic rings. The van der Waals surface area contributed by atoms with E-state index in [4.69, 9.17) is 0 Å². The van der Waals surface area contributed by atoms with Gasteiger partial charge in [0.25, 0.3) is 0 Å². The number of hydrogen-bond acceptors (Lipinski definition) is 0. The first kappa shape index (κ1) is 30.9. The fourth-order valence-corrected chi connectivity index (χ4v) is 9.25. The van der Waals surface area contributed by atoms with Crippen LogP contribution in [0, 0.1) is 6.92 Å². The van der Waals surface area contributed by atoms with Crippen molar-refractivity contribution < 1.29 is 0 Å². The first-order valence-corrected chi connectivity index (χ1v) is 18.9.